The lowest BCUT2D eigenvalue weighted by atomic mass is 10.0. The largest absolute Gasteiger partial charge is 0.456 e. The number of rotatable bonds is 5. The molecule has 9 aromatic rings. The summed E-state index contributed by atoms with van der Waals surface area (Å²) >= 11 is 0. The number of aliphatic imine (C=N–C) groups is 2. The second-order valence-corrected chi connectivity index (χ2v) is 12.3. The molecule has 1 atom stereocenters. The minimum absolute atomic E-state index is 0.0161. The van der Waals surface area contributed by atoms with E-state index in [0.717, 1.165) is 55.3 Å². The van der Waals surface area contributed by atoms with Gasteiger partial charge in [-0.2, -0.15) is 0 Å². The molecule has 5 nitrogen and oxygen atoms in total. The summed E-state index contributed by atoms with van der Waals surface area (Å²) in [6, 6.07) is 45.2. The Morgan fingerprint density at radius 3 is 1.96 bits per heavy atom. The number of aromatic nitrogens is 1. The number of fused-ring (bicyclic) bond motifs is 6. The summed E-state index contributed by atoms with van der Waals surface area (Å²) in [4.78, 5) is 9.77. The van der Waals surface area contributed by atoms with Crippen LogP contribution in [0.15, 0.2) is 184 Å². The predicted molar refractivity (Wildman–Crippen MR) is 205 cm³/mol. The van der Waals surface area contributed by atoms with Crippen LogP contribution in [0.3, 0.4) is 0 Å². The second kappa shape index (κ2) is 11.5. The van der Waals surface area contributed by atoms with Gasteiger partial charge in [-0.15, -0.1) is 0 Å². The molecule has 1 unspecified atom stereocenters. The third-order valence-electron chi connectivity index (χ3n) is 9.34. The molecule has 1 N–H and O–H groups in total. The molecule has 0 saturated carbocycles. The number of furan rings is 1. The molecule has 0 fully saturated rings. The van der Waals surface area contributed by atoms with Crippen molar-refractivity contribution in [1.29, 1.82) is 0 Å². The molecule has 1 aliphatic heterocycles. The van der Waals surface area contributed by atoms with Crippen LogP contribution in [0.25, 0.3) is 60.6 Å². The molecule has 0 saturated heterocycles. The SMILES string of the molecule is [2H]c1c([2H])c([2H])c(C2=NC(c3ccc4c(c3)oc3cc(-n5c6ccccc6c6ccc(-c7ccccc7)cc65)ccc34)N=C(c3ccccc3)N2)c([2H])c1[2H]. The number of nitrogens with zero attached hydrogens (tertiary/aromatic N) is 3. The van der Waals surface area contributed by atoms with Gasteiger partial charge >= 0.3 is 0 Å². The lowest BCUT2D eigenvalue weighted by molar-refractivity contribution is 0.665. The number of benzene rings is 7. The van der Waals surface area contributed by atoms with Crippen LogP contribution < -0.4 is 5.32 Å². The van der Waals surface area contributed by atoms with Gasteiger partial charge in [-0.3, -0.25) is 0 Å². The lowest BCUT2D eigenvalue weighted by Gasteiger charge is -2.22. The van der Waals surface area contributed by atoms with Crippen molar-refractivity contribution in [1.82, 2.24) is 9.88 Å². The maximum Gasteiger partial charge on any atom is 0.169 e. The molecule has 3 heterocycles. The van der Waals surface area contributed by atoms with E-state index in [9.17, 15) is 0 Å². The van der Waals surface area contributed by atoms with E-state index < -0.39 is 24.3 Å². The Labute approximate surface area is 295 Å². The van der Waals surface area contributed by atoms with Crippen molar-refractivity contribution in [3.8, 4) is 16.8 Å². The third-order valence-corrected chi connectivity index (χ3v) is 9.34. The first-order chi connectivity index (χ1) is 26.8. The Morgan fingerprint density at radius 2 is 1.16 bits per heavy atom. The third kappa shape index (κ3) is 4.71. The summed E-state index contributed by atoms with van der Waals surface area (Å²) in [5, 5.41) is 7.42. The number of nitrogens with one attached hydrogen (secondary N) is 1. The normalized spacial score (nSPS) is 16.0. The van der Waals surface area contributed by atoms with Gasteiger partial charge in [0.2, 0.25) is 0 Å². The van der Waals surface area contributed by atoms with Crippen molar-refractivity contribution >= 4 is 55.4 Å². The van der Waals surface area contributed by atoms with Crippen molar-refractivity contribution in [2.24, 2.45) is 9.98 Å². The monoisotopic (exact) mass is 647 g/mol. The van der Waals surface area contributed by atoms with Gasteiger partial charge in [0.15, 0.2) is 6.17 Å². The van der Waals surface area contributed by atoms with Crippen LogP contribution in [0.2, 0.25) is 0 Å². The highest BCUT2D eigenvalue weighted by molar-refractivity contribution is 6.16. The van der Waals surface area contributed by atoms with E-state index in [1.165, 1.54) is 10.8 Å². The van der Waals surface area contributed by atoms with Gasteiger partial charge < -0.3 is 14.3 Å². The predicted octanol–water partition coefficient (Wildman–Crippen LogP) is 10.8. The smallest absolute Gasteiger partial charge is 0.169 e. The summed E-state index contributed by atoms with van der Waals surface area (Å²) in [5.74, 6) is 0.616. The van der Waals surface area contributed by atoms with Gasteiger partial charge in [0, 0.05) is 50.0 Å². The quantitative estimate of drug-likeness (QED) is 0.202. The number of hydrogen-bond acceptors (Lipinski definition) is 4. The minimum atomic E-state index is -0.783. The highest BCUT2D eigenvalue weighted by Gasteiger charge is 2.22. The first-order valence-corrected chi connectivity index (χ1v) is 16.4. The first-order valence-electron chi connectivity index (χ1n) is 18.9. The van der Waals surface area contributed by atoms with Crippen LogP contribution >= 0.6 is 0 Å². The molecule has 0 amide bonds. The van der Waals surface area contributed by atoms with E-state index in [1.54, 1.807) is 0 Å². The Hall–Kier alpha value is -6.72. The van der Waals surface area contributed by atoms with Crippen LogP contribution in [0.4, 0.5) is 0 Å². The lowest BCUT2D eigenvalue weighted by Crippen LogP contribution is -2.35. The van der Waals surface area contributed by atoms with Gasteiger partial charge in [-0.1, -0.05) is 133 Å². The average Bonchev–Trinajstić information content (AvgIpc) is 3.77. The fourth-order valence-electron chi connectivity index (χ4n) is 6.98. The Kier molecular flexibility index (Phi) is 5.41. The Bertz CT molecular complexity index is 3050. The Balaban J connectivity index is 1.10. The molecule has 0 spiro atoms. The van der Waals surface area contributed by atoms with E-state index in [2.05, 4.69) is 94.8 Å². The molecular weight excluding hydrogens is 613 g/mol. The zero-order chi connectivity index (χ0) is 37.4. The first kappa shape index (κ1) is 23.6. The van der Waals surface area contributed by atoms with Gasteiger partial charge in [-0.05, 0) is 41.5 Å². The average molecular weight is 648 g/mol. The van der Waals surface area contributed by atoms with E-state index in [4.69, 9.17) is 21.3 Å². The van der Waals surface area contributed by atoms with E-state index in [0.29, 0.717) is 11.4 Å². The van der Waals surface area contributed by atoms with Crippen LogP contribution in [0, 0.1) is 0 Å². The highest BCUT2D eigenvalue weighted by atomic mass is 16.3. The maximum absolute atomic E-state index is 8.64. The topological polar surface area (TPSA) is 54.8 Å². The van der Waals surface area contributed by atoms with Gasteiger partial charge in [0.05, 0.1) is 17.9 Å². The number of hydrogen-bond donors (Lipinski definition) is 1. The summed E-state index contributed by atoms with van der Waals surface area (Å²) in [5.41, 5.74) is 8.35. The van der Waals surface area contributed by atoms with Gasteiger partial charge in [-0.25, -0.2) is 9.98 Å². The Morgan fingerprint density at radius 1 is 0.520 bits per heavy atom. The molecule has 10 rings (SSSR count). The molecule has 5 heteroatoms. The van der Waals surface area contributed by atoms with Gasteiger partial charge in [0.25, 0.3) is 0 Å². The summed E-state index contributed by atoms with van der Waals surface area (Å²) < 4.78 is 50.8. The van der Waals surface area contributed by atoms with Crippen molar-refractivity contribution in [2.45, 2.75) is 6.17 Å². The molecule has 0 bridgehead atoms. The zero-order valence-corrected chi connectivity index (χ0v) is 26.6. The molecule has 2 aromatic heterocycles. The fraction of sp³-hybridized carbons (Fsp3) is 0.0222. The fourth-order valence-corrected chi connectivity index (χ4v) is 6.98. The number of amidine groups is 2. The maximum atomic E-state index is 8.64. The molecule has 0 aliphatic carbocycles. The van der Waals surface area contributed by atoms with E-state index in [-0.39, 0.29) is 23.5 Å². The minimum Gasteiger partial charge on any atom is -0.456 e. The molecule has 236 valence electrons. The van der Waals surface area contributed by atoms with Crippen molar-refractivity contribution in [2.75, 3.05) is 0 Å². The van der Waals surface area contributed by atoms with Crippen molar-refractivity contribution < 1.29 is 11.3 Å². The van der Waals surface area contributed by atoms with E-state index >= 15 is 0 Å². The molecule has 0 radical (unpaired) electrons. The van der Waals surface area contributed by atoms with Crippen LogP contribution in [-0.2, 0) is 0 Å². The zero-order valence-electron chi connectivity index (χ0n) is 31.6. The summed E-state index contributed by atoms with van der Waals surface area (Å²) in [7, 11) is 0. The van der Waals surface area contributed by atoms with Crippen LogP contribution in [0.1, 0.15) is 29.7 Å². The second-order valence-electron chi connectivity index (χ2n) is 12.3. The van der Waals surface area contributed by atoms with Crippen LogP contribution in [-0.4, -0.2) is 16.2 Å². The molecule has 1 aliphatic rings. The molecular formula is C45H30N4O. The summed E-state index contributed by atoms with van der Waals surface area (Å²) in [6.45, 7) is 0. The van der Waals surface area contributed by atoms with Gasteiger partial charge in [0.1, 0.15) is 22.8 Å². The molecule has 7 aromatic carbocycles. The summed E-state index contributed by atoms with van der Waals surface area (Å²) in [6.07, 6.45) is -0.783. The van der Waals surface area contributed by atoms with Crippen molar-refractivity contribution in [3.05, 3.63) is 186 Å². The van der Waals surface area contributed by atoms with Crippen LogP contribution in [0.5, 0.6) is 0 Å². The van der Waals surface area contributed by atoms with Crippen molar-refractivity contribution in [3.63, 3.8) is 0 Å². The van der Waals surface area contributed by atoms with E-state index in [1.807, 2.05) is 54.6 Å². The highest BCUT2D eigenvalue weighted by Crippen LogP contribution is 2.38. The number of para-hydroxylation sites is 1. The molecule has 50 heavy (non-hydrogen) atoms. The standard InChI is InChI=1S/C45H30N4O/c1-4-12-29(13-5-1)32-20-23-36-35-18-10-11-19-39(35)49(40(36)26-32)34-22-25-38-37-24-21-33(27-41(37)50-42(38)28-34)45-47-43(30-14-6-2-7-15-30)46-44(48-45)31-16-8-3-9-17-31/h1-28,45H,(H,46,47,48)/i2D,6D,7D,14D,15D.